The first-order chi connectivity index (χ1) is 21.9. The average molecular weight is 651 g/mol. The van der Waals surface area contributed by atoms with Gasteiger partial charge >= 0.3 is 11.6 Å². The summed E-state index contributed by atoms with van der Waals surface area (Å²) in [6, 6.07) is 8.44. The van der Waals surface area contributed by atoms with Gasteiger partial charge < -0.3 is 68.2 Å². The number of hydrogen-bond acceptors (Lipinski definition) is 16. The molecule has 8 atom stereocenters. The maximum Gasteiger partial charge on any atom is 0.339 e. The summed E-state index contributed by atoms with van der Waals surface area (Å²) in [4.78, 5) is 24.8. The van der Waals surface area contributed by atoms with E-state index < -0.39 is 80.1 Å². The Balaban J connectivity index is 1.22. The van der Waals surface area contributed by atoms with Crippen molar-refractivity contribution < 1.29 is 73.0 Å². The number of aliphatic hydroxyl groups excluding tert-OH is 4. The van der Waals surface area contributed by atoms with Gasteiger partial charge in [0.05, 0.1) is 44.4 Å². The van der Waals surface area contributed by atoms with E-state index in [2.05, 4.69) is 0 Å². The number of esters is 1. The molecule has 46 heavy (non-hydrogen) atoms. The molecule has 0 aliphatic carbocycles. The van der Waals surface area contributed by atoms with Gasteiger partial charge in [0.25, 0.3) is 0 Å². The topological polar surface area (TPSA) is 233 Å². The highest BCUT2D eigenvalue weighted by Gasteiger charge is 2.51. The zero-order valence-corrected chi connectivity index (χ0v) is 24.9. The van der Waals surface area contributed by atoms with Crippen LogP contribution in [0, 0.1) is 6.92 Å². The normalized spacial score (nSPS) is 29.4. The van der Waals surface area contributed by atoms with E-state index in [1.165, 1.54) is 26.4 Å². The molecule has 2 aliphatic heterocycles. The minimum absolute atomic E-state index is 0.00927. The maximum absolute atomic E-state index is 12.7. The molecule has 0 radical (unpaired) electrons. The molecule has 3 heterocycles. The Hall–Kier alpha value is -4.00. The minimum atomic E-state index is -2.11. The fraction of sp³-hybridized carbons (Fsp3) is 0.467. The number of methoxy groups -OCH3 is 2. The molecule has 2 saturated heterocycles. The number of rotatable bonds is 10. The highest BCUT2D eigenvalue weighted by atomic mass is 16.7. The highest BCUT2D eigenvalue weighted by Crippen LogP contribution is 2.38. The summed E-state index contributed by atoms with van der Waals surface area (Å²) in [5.74, 6) is -1.37. The van der Waals surface area contributed by atoms with E-state index >= 15 is 0 Å². The van der Waals surface area contributed by atoms with Crippen molar-refractivity contribution in [1.82, 2.24) is 0 Å². The van der Waals surface area contributed by atoms with Crippen molar-refractivity contribution in [2.75, 3.05) is 34.0 Å². The summed E-state index contributed by atoms with van der Waals surface area (Å²) in [5.41, 5.74) is -1.99. The fourth-order valence-corrected chi connectivity index (χ4v) is 5.13. The van der Waals surface area contributed by atoms with Crippen LogP contribution in [0.3, 0.4) is 0 Å². The summed E-state index contributed by atoms with van der Waals surface area (Å²) >= 11 is 0. The first-order valence-corrected chi connectivity index (χ1v) is 14.0. The third-order valence-electron chi connectivity index (χ3n) is 7.75. The summed E-state index contributed by atoms with van der Waals surface area (Å²) in [6.45, 7) is -0.00973. The molecule has 2 aromatic carbocycles. The summed E-state index contributed by atoms with van der Waals surface area (Å²) < 4.78 is 42.8. The Labute approximate surface area is 260 Å². The van der Waals surface area contributed by atoms with Crippen LogP contribution in [-0.2, 0) is 18.9 Å². The summed E-state index contributed by atoms with van der Waals surface area (Å²) in [5, 5.41) is 63.8. The predicted molar refractivity (Wildman–Crippen MR) is 153 cm³/mol. The van der Waals surface area contributed by atoms with Gasteiger partial charge in [-0.25, -0.2) is 9.59 Å². The molecule has 250 valence electrons. The molecule has 0 amide bonds. The van der Waals surface area contributed by atoms with Crippen LogP contribution in [0.2, 0.25) is 0 Å². The molecule has 8 unspecified atom stereocenters. The lowest BCUT2D eigenvalue weighted by molar-refractivity contribution is -0.289. The number of carbonyl (C=O) groups is 1. The number of benzene rings is 2. The van der Waals surface area contributed by atoms with Crippen molar-refractivity contribution in [1.29, 1.82) is 0 Å². The first-order valence-electron chi connectivity index (χ1n) is 14.0. The van der Waals surface area contributed by atoms with Gasteiger partial charge in [0.1, 0.15) is 48.5 Å². The van der Waals surface area contributed by atoms with Gasteiger partial charge in [-0.3, -0.25) is 0 Å². The highest BCUT2D eigenvalue weighted by molar-refractivity contribution is 5.91. The predicted octanol–water partition coefficient (Wildman–Crippen LogP) is -0.667. The molecule has 16 heteroatoms. The average Bonchev–Trinajstić information content (AvgIpc) is 3.32. The second-order valence-electron chi connectivity index (χ2n) is 10.9. The van der Waals surface area contributed by atoms with Crippen molar-refractivity contribution in [2.45, 2.75) is 55.6 Å². The number of phenolic OH excluding ortho intramolecular Hbond substituents is 1. The van der Waals surface area contributed by atoms with Crippen molar-refractivity contribution in [3.63, 3.8) is 0 Å². The van der Waals surface area contributed by atoms with Gasteiger partial charge in [0.15, 0.2) is 23.4 Å². The zero-order chi connectivity index (χ0) is 33.3. The molecule has 0 bridgehead atoms. The summed E-state index contributed by atoms with van der Waals surface area (Å²) in [6.07, 6.45) is -11.3. The number of phenols is 1. The van der Waals surface area contributed by atoms with E-state index in [-0.39, 0.29) is 34.1 Å². The number of ether oxygens (including phenoxy) is 7. The molecule has 6 N–H and O–H groups in total. The van der Waals surface area contributed by atoms with E-state index in [0.717, 1.165) is 6.07 Å². The second-order valence-corrected chi connectivity index (χ2v) is 10.9. The van der Waals surface area contributed by atoms with Gasteiger partial charge in [0.2, 0.25) is 12.0 Å². The quantitative estimate of drug-likeness (QED) is 0.118. The molecule has 16 nitrogen and oxygen atoms in total. The lowest BCUT2D eigenvalue weighted by atomic mass is 9.99. The monoisotopic (exact) mass is 650 g/mol. The largest absolute Gasteiger partial charge is 0.502 e. The fourth-order valence-electron chi connectivity index (χ4n) is 5.13. The van der Waals surface area contributed by atoms with Crippen molar-refractivity contribution in [3.05, 3.63) is 57.9 Å². The van der Waals surface area contributed by atoms with Crippen molar-refractivity contribution >= 4 is 16.9 Å². The Bertz CT molecular complexity index is 1600. The maximum atomic E-state index is 12.7. The molecule has 3 aromatic rings. The second kappa shape index (κ2) is 13.4. The summed E-state index contributed by atoms with van der Waals surface area (Å²) in [7, 11) is 2.55. The number of aromatic hydroxyl groups is 1. The van der Waals surface area contributed by atoms with Crippen LogP contribution < -0.4 is 19.8 Å². The SMILES string of the molecule is COc1cc(C(=O)OCC2(O)COC(OCC3OC(Oc4cc(=O)oc5cccc(C)c45)C(O)C(O)C3O)C2O)cc(OC)c1O. The van der Waals surface area contributed by atoms with Crippen LogP contribution >= 0.6 is 0 Å². The molecule has 0 spiro atoms. The van der Waals surface area contributed by atoms with Gasteiger partial charge in [-0.15, -0.1) is 0 Å². The van der Waals surface area contributed by atoms with Gasteiger partial charge in [-0.2, -0.15) is 0 Å². The Kier molecular flexibility index (Phi) is 9.71. The lowest BCUT2D eigenvalue weighted by Gasteiger charge is -2.40. The number of carbonyl (C=O) groups excluding carboxylic acids is 1. The molecule has 2 fully saturated rings. The van der Waals surface area contributed by atoms with Gasteiger partial charge in [-0.05, 0) is 30.7 Å². The van der Waals surface area contributed by atoms with Crippen LogP contribution in [0.5, 0.6) is 23.0 Å². The van der Waals surface area contributed by atoms with Crippen molar-refractivity contribution in [3.8, 4) is 23.0 Å². The van der Waals surface area contributed by atoms with Crippen LogP contribution in [-0.4, -0.2) is 119 Å². The molecule has 5 rings (SSSR count). The number of aryl methyl sites for hydroxylation is 1. The number of hydrogen-bond donors (Lipinski definition) is 6. The zero-order valence-electron chi connectivity index (χ0n) is 24.9. The van der Waals surface area contributed by atoms with Gasteiger partial charge in [0, 0.05) is 0 Å². The van der Waals surface area contributed by atoms with Crippen LogP contribution in [0.25, 0.3) is 11.0 Å². The smallest absolute Gasteiger partial charge is 0.339 e. The van der Waals surface area contributed by atoms with E-state index in [9.17, 15) is 40.2 Å². The lowest BCUT2D eigenvalue weighted by Crippen LogP contribution is -2.60. The minimum Gasteiger partial charge on any atom is -0.502 e. The Morgan fingerprint density at radius 2 is 1.67 bits per heavy atom. The van der Waals surface area contributed by atoms with Crippen molar-refractivity contribution in [2.24, 2.45) is 0 Å². The third-order valence-corrected chi connectivity index (χ3v) is 7.75. The third kappa shape index (κ3) is 6.47. The Morgan fingerprint density at radius 3 is 2.35 bits per heavy atom. The standard InChI is InChI=1S/C30H34O16/c1-13-5-4-6-15-21(13)16(9-20(31)44-15)45-28-25(35)24(34)23(33)19(46-28)10-41-29-26(36)30(38,12-43-29)11-42-27(37)14-7-17(39-2)22(32)18(8-14)40-3/h4-9,19,23-26,28-29,32-36,38H,10-12H2,1-3H3. The molecule has 1 aromatic heterocycles. The van der Waals surface area contributed by atoms with Crippen LogP contribution in [0.4, 0.5) is 0 Å². The van der Waals surface area contributed by atoms with Crippen LogP contribution in [0.1, 0.15) is 15.9 Å². The van der Waals surface area contributed by atoms with E-state index in [1.54, 1.807) is 25.1 Å². The van der Waals surface area contributed by atoms with Gasteiger partial charge in [-0.1, -0.05) is 12.1 Å². The molecular formula is C30H34O16. The van der Waals surface area contributed by atoms with Crippen LogP contribution in [0.15, 0.2) is 45.6 Å². The number of aliphatic hydroxyl groups is 5. The first kappa shape index (κ1) is 33.4. The number of fused-ring (bicyclic) bond motifs is 1. The van der Waals surface area contributed by atoms with E-state index in [0.29, 0.717) is 10.9 Å². The molecular weight excluding hydrogens is 616 g/mol. The van der Waals surface area contributed by atoms with E-state index in [1.807, 2.05) is 0 Å². The molecule has 0 saturated carbocycles. The Morgan fingerprint density at radius 1 is 0.978 bits per heavy atom. The molecule has 2 aliphatic rings. The van der Waals surface area contributed by atoms with E-state index in [4.69, 9.17) is 37.6 Å².